The van der Waals surface area contributed by atoms with Gasteiger partial charge in [0.05, 0.1) is 0 Å². The molecule has 0 aliphatic carbocycles. The molecule has 1 aliphatic rings. The molecule has 0 aromatic carbocycles. The predicted molar refractivity (Wildman–Crippen MR) is 67.1 cm³/mol. The van der Waals surface area contributed by atoms with E-state index < -0.39 is 0 Å². The maximum Gasteiger partial charge on any atom is 0.269 e. The number of rotatable bonds is 4. The minimum absolute atomic E-state index is 0.124. The number of nitrogens with zero attached hydrogens (tertiary/aromatic N) is 1. The lowest BCUT2D eigenvalue weighted by Gasteiger charge is -2.13. The monoisotopic (exact) mass is 234 g/mol. The van der Waals surface area contributed by atoms with Crippen molar-refractivity contribution < 1.29 is 4.79 Å². The van der Waals surface area contributed by atoms with Crippen LogP contribution in [0.2, 0.25) is 0 Å². The zero-order valence-electron chi connectivity index (χ0n) is 9.99. The van der Waals surface area contributed by atoms with E-state index >= 15 is 0 Å². The number of carbonyl (C=O) groups is 1. The molecule has 1 amide bonds. The van der Waals surface area contributed by atoms with Crippen LogP contribution in [0.1, 0.15) is 23.8 Å². The largest absolute Gasteiger partial charge is 0.381 e. The minimum atomic E-state index is -0.124. The normalized spacial score (nSPS) is 19.0. The average molecular weight is 234 g/mol. The third-order valence-corrected chi connectivity index (χ3v) is 2.76. The van der Waals surface area contributed by atoms with Crippen LogP contribution in [0.3, 0.4) is 0 Å². The molecule has 1 saturated heterocycles. The second-order valence-corrected chi connectivity index (χ2v) is 4.12. The fourth-order valence-electron chi connectivity index (χ4n) is 1.91. The molecule has 2 rings (SSSR count). The first-order valence-corrected chi connectivity index (χ1v) is 6.01. The molecule has 2 heterocycles. The molecule has 1 unspecified atom stereocenters. The van der Waals surface area contributed by atoms with Crippen LogP contribution in [0.15, 0.2) is 18.3 Å². The molecule has 0 saturated carbocycles. The topological polar surface area (TPSA) is 66.1 Å². The highest BCUT2D eigenvalue weighted by molar-refractivity contribution is 5.93. The van der Waals surface area contributed by atoms with Gasteiger partial charge in [-0.25, -0.2) is 0 Å². The van der Waals surface area contributed by atoms with Crippen LogP contribution in [-0.4, -0.2) is 36.6 Å². The molecule has 0 spiro atoms. The second kappa shape index (κ2) is 5.63. The van der Waals surface area contributed by atoms with E-state index in [1.165, 1.54) is 0 Å². The van der Waals surface area contributed by atoms with Gasteiger partial charge in [-0.2, -0.15) is 0 Å². The van der Waals surface area contributed by atoms with Crippen LogP contribution < -0.4 is 16.0 Å². The van der Waals surface area contributed by atoms with E-state index in [1.807, 2.05) is 13.0 Å². The van der Waals surface area contributed by atoms with Crippen LogP contribution in [0.25, 0.3) is 0 Å². The molecule has 1 aliphatic heterocycles. The van der Waals surface area contributed by atoms with Crippen molar-refractivity contribution in [2.75, 3.05) is 25.0 Å². The zero-order chi connectivity index (χ0) is 12.1. The Morgan fingerprint density at radius 2 is 2.53 bits per heavy atom. The molecule has 1 fully saturated rings. The van der Waals surface area contributed by atoms with Crippen molar-refractivity contribution in [2.24, 2.45) is 0 Å². The molecule has 5 heteroatoms. The molecule has 1 atom stereocenters. The van der Waals surface area contributed by atoms with Crippen molar-refractivity contribution in [1.29, 1.82) is 0 Å². The summed E-state index contributed by atoms with van der Waals surface area (Å²) < 4.78 is 0. The molecular formula is C12H18N4O. The van der Waals surface area contributed by atoms with Gasteiger partial charge in [0.1, 0.15) is 5.69 Å². The predicted octanol–water partition coefficient (Wildman–Crippen LogP) is 0.605. The Labute approximate surface area is 101 Å². The van der Waals surface area contributed by atoms with E-state index in [-0.39, 0.29) is 5.91 Å². The Kier molecular flexibility index (Phi) is 3.93. The highest BCUT2D eigenvalue weighted by Crippen LogP contribution is 2.12. The maximum absolute atomic E-state index is 11.6. The SMILES string of the molecule is CCNC(=O)c1cc(NC2CCNC2)ccn1. The van der Waals surface area contributed by atoms with Gasteiger partial charge in [-0.15, -0.1) is 0 Å². The van der Waals surface area contributed by atoms with Crippen LogP contribution in [0.4, 0.5) is 5.69 Å². The van der Waals surface area contributed by atoms with Crippen molar-refractivity contribution in [3.05, 3.63) is 24.0 Å². The number of amides is 1. The molecule has 1 aromatic rings. The van der Waals surface area contributed by atoms with Crippen LogP contribution in [-0.2, 0) is 0 Å². The fourth-order valence-corrected chi connectivity index (χ4v) is 1.91. The lowest BCUT2D eigenvalue weighted by atomic mass is 10.2. The van der Waals surface area contributed by atoms with E-state index in [0.717, 1.165) is 25.2 Å². The summed E-state index contributed by atoms with van der Waals surface area (Å²) in [6, 6.07) is 4.13. The van der Waals surface area contributed by atoms with Crippen molar-refractivity contribution >= 4 is 11.6 Å². The Balaban J connectivity index is 2.02. The molecular weight excluding hydrogens is 216 g/mol. The van der Waals surface area contributed by atoms with Gasteiger partial charge in [-0.05, 0) is 32.0 Å². The molecule has 5 nitrogen and oxygen atoms in total. The summed E-state index contributed by atoms with van der Waals surface area (Å²) in [6.45, 7) is 4.53. The van der Waals surface area contributed by atoms with Crippen LogP contribution >= 0.6 is 0 Å². The summed E-state index contributed by atoms with van der Waals surface area (Å²) in [7, 11) is 0. The number of pyridine rings is 1. The first kappa shape index (κ1) is 11.9. The first-order valence-electron chi connectivity index (χ1n) is 6.01. The lowest BCUT2D eigenvalue weighted by Crippen LogP contribution is -2.25. The van der Waals surface area contributed by atoms with Crippen LogP contribution in [0, 0.1) is 0 Å². The lowest BCUT2D eigenvalue weighted by molar-refractivity contribution is 0.0951. The Morgan fingerprint density at radius 3 is 3.24 bits per heavy atom. The number of anilines is 1. The summed E-state index contributed by atoms with van der Waals surface area (Å²) in [4.78, 5) is 15.7. The van der Waals surface area contributed by atoms with Gasteiger partial charge in [0.2, 0.25) is 0 Å². The van der Waals surface area contributed by atoms with Gasteiger partial charge in [-0.3, -0.25) is 9.78 Å². The molecule has 0 radical (unpaired) electrons. The fraction of sp³-hybridized carbons (Fsp3) is 0.500. The van der Waals surface area contributed by atoms with Gasteiger partial charge >= 0.3 is 0 Å². The quantitative estimate of drug-likeness (QED) is 0.714. The van der Waals surface area contributed by atoms with E-state index in [4.69, 9.17) is 0 Å². The third-order valence-electron chi connectivity index (χ3n) is 2.76. The van der Waals surface area contributed by atoms with Gasteiger partial charge in [-0.1, -0.05) is 0 Å². The third kappa shape index (κ3) is 3.17. The summed E-state index contributed by atoms with van der Waals surface area (Å²) in [5.41, 5.74) is 1.41. The van der Waals surface area contributed by atoms with Gasteiger partial charge in [0, 0.05) is 31.0 Å². The number of carbonyl (C=O) groups excluding carboxylic acids is 1. The standard InChI is InChI=1S/C12H18N4O/c1-2-14-12(17)11-7-9(4-6-15-11)16-10-3-5-13-8-10/h4,6-7,10,13H,2-3,5,8H2,1H3,(H,14,17)(H,15,16). The highest BCUT2D eigenvalue weighted by Gasteiger charge is 2.14. The maximum atomic E-state index is 11.6. The summed E-state index contributed by atoms with van der Waals surface area (Å²) in [5.74, 6) is -0.124. The average Bonchev–Trinajstić information content (AvgIpc) is 2.82. The first-order chi connectivity index (χ1) is 8.29. The van der Waals surface area contributed by atoms with Crippen molar-refractivity contribution in [3.63, 3.8) is 0 Å². The molecule has 17 heavy (non-hydrogen) atoms. The molecule has 3 N–H and O–H groups in total. The van der Waals surface area contributed by atoms with E-state index in [0.29, 0.717) is 18.3 Å². The summed E-state index contributed by atoms with van der Waals surface area (Å²) in [5, 5.41) is 9.43. The number of nitrogens with one attached hydrogen (secondary N) is 3. The molecule has 92 valence electrons. The van der Waals surface area contributed by atoms with Gasteiger partial charge in [0.25, 0.3) is 5.91 Å². The molecule has 1 aromatic heterocycles. The van der Waals surface area contributed by atoms with E-state index in [9.17, 15) is 4.79 Å². The Bertz CT molecular complexity index is 388. The minimum Gasteiger partial charge on any atom is -0.381 e. The van der Waals surface area contributed by atoms with Gasteiger partial charge in [0.15, 0.2) is 0 Å². The number of aromatic nitrogens is 1. The van der Waals surface area contributed by atoms with Crippen molar-refractivity contribution in [3.8, 4) is 0 Å². The van der Waals surface area contributed by atoms with E-state index in [1.54, 1.807) is 12.3 Å². The van der Waals surface area contributed by atoms with Crippen LogP contribution in [0.5, 0.6) is 0 Å². The second-order valence-electron chi connectivity index (χ2n) is 4.12. The highest BCUT2D eigenvalue weighted by atomic mass is 16.1. The van der Waals surface area contributed by atoms with Crippen molar-refractivity contribution in [1.82, 2.24) is 15.6 Å². The van der Waals surface area contributed by atoms with Crippen molar-refractivity contribution in [2.45, 2.75) is 19.4 Å². The number of hydrogen-bond acceptors (Lipinski definition) is 4. The summed E-state index contributed by atoms with van der Waals surface area (Å²) >= 11 is 0. The molecule has 0 bridgehead atoms. The zero-order valence-corrected chi connectivity index (χ0v) is 9.99. The Hall–Kier alpha value is -1.62. The van der Waals surface area contributed by atoms with Gasteiger partial charge < -0.3 is 16.0 Å². The van der Waals surface area contributed by atoms with E-state index in [2.05, 4.69) is 20.9 Å². The number of hydrogen-bond donors (Lipinski definition) is 3. The Morgan fingerprint density at radius 1 is 1.65 bits per heavy atom. The smallest absolute Gasteiger partial charge is 0.269 e. The summed E-state index contributed by atoms with van der Waals surface area (Å²) in [6.07, 6.45) is 2.77.